The van der Waals surface area contributed by atoms with Crippen LogP contribution in [0.1, 0.15) is 0 Å². The van der Waals surface area contributed by atoms with Crippen molar-refractivity contribution in [1.82, 2.24) is 0 Å². The molecule has 1 fully saturated rings. The van der Waals surface area contributed by atoms with Gasteiger partial charge in [0.2, 0.25) is 5.91 Å². The molecule has 0 aliphatic carbocycles. The number of rotatable bonds is 3. The standard InChI is InChI=1S/C12H14Br2N2O3/c1-18-11-3-10(7(13)2-8(11)14)16-12(17)6-4-19-5-9(6)15/h2-3,6,9H,4-5,15H2,1H3,(H,16,17). The molecule has 1 heterocycles. The van der Waals surface area contributed by atoms with E-state index in [1.807, 2.05) is 6.07 Å². The Morgan fingerprint density at radius 2 is 2.16 bits per heavy atom. The van der Waals surface area contributed by atoms with E-state index in [9.17, 15) is 4.79 Å². The van der Waals surface area contributed by atoms with E-state index in [0.717, 1.165) is 8.95 Å². The van der Waals surface area contributed by atoms with Crippen molar-refractivity contribution in [2.75, 3.05) is 25.6 Å². The lowest BCUT2D eigenvalue weighted by Gasteiger charge is -2.15. The van der Waals surface area contributed by atoms with Crippen molar-refractivity contribution in [1.29, 1.82) is 0 Å². The number of nitrogens with one attached hydrogen (secondary N) is 1. The van der Waals surface area contributed by atoms with E-state index in [1.54, 1.807) is 13.2 Å². The van der Waals surface area contributed by atoms with Gasteiger partial charge in [0, 0.05) is 16.6 Å². The molecule has 2 atom stereocenters. The molecule has 1 aromatic rings. The zero-order valence-electron chi connectivity index (χ0n) is 10.3. The highest BCUT2D eigenvalue weighted by Gasteiger charge is 2.31. The van der Waals surface area contributed by atoms with Crippen LogP contribution < -0.4 is 15.8 Å². The number of ether oxygens (including phenoxy) is 2. The minimum atomic E-state index is -0.318. The number of amides is 1. The number of carbonyl (C=O) groups is 1. The fourth-order valence-electron chi connectivity index (χ4n) is 1.85. The first-order chi connectivity index (χ1) is 9.02. The molecule has 1 amide bonds. The molecule has 1 aliphatic heterocycles. The number of halogens is 2. The van der Waals surface area contributed by atoms with Gasteiger partial charge in [-0.1, -0.05) is 0 Å². The molecule has 1 aromatic carbocycles. The summed E-state index contributed by atoms with van der Waals surface area (Å²) >= 11 is 6.78. The van der Waals surface area contributed by atoms with Crippen LogP contribution in [0, 0.1) is 5.92 Å². The molecule has 2 rings (SSSR count). The minimum absolute atomic E-state index is 0.143. The molecule has 0 aromatic heterocycles. The average Bonchev–Trinajstić information content (AvgIpc) is 2.79. The van der Waals surface area contributed by atoms with Crippen molar-refractivity contribution in [3.8, 4) is 5.75 Å². The zero-order chi connectivity index (χ0) is 14.0. The highest BCUT2D eigenvalue weighted by atomic mass is 79.9. The molecule has 3 N–H and O–H groups in total. The summed E-state index contributed by atoms with van der Waals surface area (Å²) in [6, 6.07) is 3.31. The van der Waals surface area contributed by atoms with Crippen molar-refractivity contribution < 1.29 is 14.3 Å². The van der Waals surface area contributed by atoms with Crippen molar-refractivity contribution >= 4 is 43.5 Å². The second kappa shape index (κ2) is 6.21. The Balaban J connectivity index is 2.16. The van der Waals surface area contributed by atoms with Gasteiger partial charge in [0.1, 0.15) is 5.75 Å². The van der Waals surface area contributed by atoms with Crippen LogP contribution in [0.3, 0.4) is 0 Å². The number of hydrogen-bond acceptors (Lipinski definition) is 4. The zero-order valence-corrected chi connectivity index (χ0v) is 13.5. The predicted molar refractivity (Wildman–Crippen MR) is 79.3 cm³/mol. The summed E-state index contributed by atoms with van der Waals surface area (Å²) < 4.78 is 12.0. The highest BCUT2D eigenvalue weighted by molar-refractivity contribution is 9.11. The normalized spacial score (nSPS) is 22.3. The van der Waals surface area contributed by atoms with E-state index in [4.69, 9.17) is 15.2 Å². The average molecular weight is 394 g/mol. The molecule has 0 radical (unpaired) electrons. The largest absolute Gasteiger partial charge is 0.495 e. The predicted octanol–water partition coefficient (Wildman–Crippen LogP) is 2.13. The molecule has 5 nitrogen and oxygen atoms in total. The number of anilines is 1. The molecule has 2 unspecified atom stereocenters. The van der Waals surface area contributed by atoms with Crippen molar-refractivity contribution in [3.63, 3.8) is 0 Å². The Morgan fingerprint density at radius 3 is 2.74 bits per heavy atom. The van der Waals surface area contributed by atoms with E-state index < -0.39 is 0 Å². The Hall–Kier alpha value is -0.630. The molecule has 19 heavy (non-hydrogen) atoms. The summed E-state index contributed by atoms with van der Waals surface area (Å²) in [6.07, 6.45) is 0. The first kappa shape index (κ1) is 14.8. The van der Waals surface area contributed by atoms with Gasteiger partial charge >= 0.3 is 0 Å². The summed E-state index contributed by atoms with van der Waals surface area (Å²) in [4.78, 5) is 12.1. The summed E-state index contributed by atoms with van der Waals surface area (Å²) in [5, 5.41) is 2.84. The van der Waals surface area contributed by atoms with Crippen LogP contribution >= 0.6 is 31.9 Å². The van der Waals surface area contributed by atoms with Gasteiger partial charge in [-0.15, -0.1) is 0 Å². The monoisotopic (exact) mass is 392 g/mol. The van der Waals surface area contributed by atoms with E-state index in [-0.39, 0.29) is 17.9 Å². The fraction of sp³-hybridized carbons (Fsp3) is 0.417. The Kier molecular flexibility index (Phi) is 4.83. The smallest absolute Gasteiger partial charge is 0.231 e. The Labute approximate surface area is 128 Å². The van der Waals surface area contributed by atoms with Crippen LogP contribution in [0.5, 0.6) is 5.75 Å². The Bertz CT molecular complexity index is 496. The maximum absolute atomic E-state index is 12.1. The van der Waals surface area contributed by atoms with Crippen LogP contribution in [0.25, 0.3) is 0 Å². The van der Waals surface area contributed by atoms with Gasteiger partial charge in [-0.05, 0) is 37.9 Å². The minimum Gasteiger partial charge on any atom is -0.495 e. The van der Waals surface area contributed by atoms with Gasteiger partial charge in [-0.3, -0.25) is 4.79 Å². The van der Waals surface area contributed by atoms with Crippen LogP contribution in [-0.2, 0) is 9.53 Å². The van der Waals surface area contributed by atoms with Crippen LogP contribution in [0.15, 0.2) is 21.1 Å². The van der Waals surface area contributed by atoms with Gasteiger partial charge < -0.3 is 20.5 Å². The molecule has 1 saturated heterocycles. The molecule has 1 aliphatic rings. The second-order valence-electron chi connectivity index (χ2n) is 4.26. The lowest BCUT2D eigenvalue weighted by molar-refractivity contribution is -0.120. The number of carbonyl (C=O) groups excluding carboxylic acids is 1. The van der Waals surface area contributed by atoms with Crippen molar-refractivity contribution in [2.45, 2.75) is 6.04 Å². The topological polar surface area (TPSA) is 73.6 Å². The summed E-state index contributed by atoms with van der Waals surface area (Å²) in [5.74, 6) is 0.182. The number of nitrogens with two attached hydrogens (primary N) is 1. The quantitative estimate of drug-likeness (QED) is 0.824. The fourth-order valence-corrected chi connectivity index (χ4v) is 3.10. The van der Waals surface area contributed by atoms with E-state index in [0.29, 0.717) is 24.7 Å². The van der Waals surface area contributed by atoms with Crippen LogP contribution in [-0.4, -0.2) is 32.3 Å². The summed E-state index contributed by atoms with van der Waals surface area (Å²) in [7, 11) is 1.57. The molecular formula is C12H14Br2N2O3. The lowest BCUT2D eigenvalue weighted by Crippen LogP contribution is -2.37. The van der Waals surface area contributed by atoms with E-state index in [2.05, 4.69) is 37.2 Å². The highest BCUT2D eigenvalue weighted by Crippen LogP contribution is 2.34. The van der Waals surface area contributed by atoms with Crippen molar-refractivity contribution in [2.24, 2.45) is 11.7 Å². The van der Waals surface area contributed by atoms with Gasteiger partial charge in [-0.25, -0.2) is 0 Å². The third-order valence-corrected chi connectivity index (χ3v) is 4.24. The molecule has 0 saturated carbocycles. The van der Waals surface area contributed by atoms with Gasteiger partial charge in [0.05, 0.1) is 36.4 Å². The maximum atomic E-state index is 12.1. The van der Waals surface area contributed by atoms with Crippen LogP contribution in [0.2, 0.25) is 0 Å². The van der Waals surface area contributed by atoms with Gasteiger partial charge in [0.15, 0.2) is 0 Å². The summed E-state index contributed by atoms with van der Waals surface area (Å²) in [5.41, 5.74) is 6.46. The molecule has 0 spiro atoms. The number of methoxy groups -OCH3 is 1. The van der Waals surface area contributed by atoms with Gasteiger partial charge in [-0.2, -0.15) is 0 Å². The molecule has 104 valence electrons. The second-order valence-corrected chi connectivity index (χ2v) is 5.97. The third kappa shape index (κ3) is 3.28. The molecule has 7 heteroatoms. The first-order valence-corrected chi connectivity index (χ1v) is 7.28. The molecular weight excluding hydrogens is 380 g/mol. The Morgan fingerprint density at radius 1 is 1.42 bits per heavy atom. The van der Waals surface area contributed by atoms with E-state index >= 15 is 0 Å². The maximum Gasteiger partial charge on any atom is 0.231 e. The third-order valence-electron chi connectivity index (χ3n) is 2.96. The molecule has 0 bridgehead atoms. The van der Waals surface area contributed by atoms with Crippen molar-refractivity contribution in [3.05, 3.63) is 21.1 Å². The van der Waals surface area contributed by atoms with Crippen LogP contribution in [0.4, 0.5) is 5.69 Å². The number of benzene rings is 1. The lowest BCUT2D eigenvalue weighted by atomic mass is 10.0. The summed E-state index contributed by atoms with van der Waals surface area (Å²) in [6.45, 7) is 0.779. The first-order valence-electron chi connectivity index (χ1n) is 5.70. The van der Waals surface area contributed by atoms with E-state index in [1.165, 1.54) is 0 Å². The van der Waals surface area contributed by atoms with Gasteiger partial charge in [0.25, 0.3) is 0 Å². The SMILES string of the molecule is COc1cc(NC(=O)C2COCC2N)c(Br)cc1Br. The number of hydrogen-bond donors (Lipinski definition) is 2.